The number of fused-ring (bicyclic) bond motifs is 6. The zero-order chi connectivity index (χ0) is 44.8. The topological polar surface area (TPSA) is 38.7 Å². The molecule has 3 aromatic heterocycles. The van der Waals surface area contributed by atoms with Gasteiger partial charge in [-0.3, -0.25) is 0 Å². The van der Waals surface area contributed by atoms with Gasteiger partial charge in [-0.05, 0) is 88.6 Å². The van der Waals surface area contributed by atoms with E-state index in [2.05, 4.69) is 166 Å². The summed E-state index contributed by atoms with van der Waals surface area (Å²) in [6, 6.07) is 54.1. The molecule has 0 spiro atoms. The zero-order valence-electron chi connectivity index (χ0n) is 38.4. The summed E-state index contributed by atoms with van der Waals surface area (Å²) < 4.78 is 3.37. The first-order valence-corrected chi connectivity index (χ1v) is 26.6. The van der Waals surface area contributed by atoms with Crippen molar-refractivity contribution in [1.29, 1.82) is 0 Å². The number of unbranched alkanes of at least 4 members (excludes halogenated alkanes) is 6. The van der Waals surface area contributed by atoms with Gasteiger partial charge in [0.25, 0.3) is 0 Å². The number of hydrogen-bond donors (Lipinski definition) is 0. The summed E-state index contributed by atoms with van der Waals surface area (Å²) in [6.45, 7) is 6.79. The quantitative estimate of drug-likeness (QED) is 0.0805. The summed E-state index contributed by atoms with van der Waals surface area (Å²) in [7, 11) is 0. The number of thiazole rings is 3. The van der Waals surface area contributed by atoms with Gasteiger partial charge in [0.05, 0.1) is 14.1 Å². The van der Waals surface area contributed by atoms with Crippen LogP contribution in [-0.4, -0.2) is 15.0 Å². The Morgan fingerprint density at radius 2 is 0.485 bits per heavy atom. The third kappa shape index (κ3) is 9.55. The van der Waals surface area contributed by atoms with Crippen molar-refractivity contribution in [1.82, 2.24) is 15.0 Å². The monoisotopic (exact) mass is 915 g/mol. The van der Waals surface area contributed by atoms with Crippen molar-refractivity contribution >= 4 is 64.7 Å². The predicted molar refractivity (Wildman–Crippen MR) is 288 cm³/mol. The van der Waals surface area contributed by atoms with E-state index >= 15 is 0 Å². The molecule has 66 heavy (non-hydrogen) atoms. The Morgan fingerprint density at radius 1 is 0.273 bits per heavy atom. The average molecular weight is 916 g/mol. The molecule has 0 amide bonds. The fraction of sp³-hybridized carbons (Fsp3) is 0.250. The van der Waals surface area contributed by atoms with Gasteiger partial charge in [-0.15, -0.1) is 34.0 Å². The molecule has 3 nitrogen and oxygen atoms in total. The van der Waals surface area contributed by atoms with Crippen molar-refractivity contribution in [2.75, 3.05) is 0 Å². The van der Waals surface area contributed by atoms with Gasteiger partial charge in [0.1, 0.15) is 31.6 Å². The van der Waals surface area contributed by atoms with Crippen LogP contribution in [0.25, 0.3) is 95.7 Å². The molecule has 0 atom stereocenters. The highest BCUT2D eigenvalue weighted by atomic mass is 32.1. The van der Waals surface area contributed by atoms with Crippen LogP contribution >= 0.6 is 34.0 Å². The highest BCUT2D eigenvalue weighted by molar-refractivity contribution is 7.28. The molecular weight excluding hydrogens is 859 g/mol. The standard InChI is InChI=1S/C60H57N3S3/c1-4-7-10-13-40-16-22-43(23-17-40)46-28-34-49(35-29-46)58-61-52-55(64-58)53-57(66-59(62-53)50-36-30-47(31-37-50)44-24-18-41(19-25-44)14-11-8-5-2)54-56(52)65-60(63-54)51-38-32-48(33-39-51)45-26-20-42(21-27-45)15-12-9-6-3/h16-39H,4-15H2,1-3H3. The lowest BCUT2D eigenvalue weighted by Crippen LogP contribution is -1.86. The van der Waals surface area contributed by atoms with E-state index in [-0.39, 0.29) is 0 Å². The van der Waals surface area contributed by atoms with Crippen LogP contribution in [-0.2, 0) is 19.3 Å². The van der Waals surface area contributed by atoms with Crippen LogP contribution in [0.4, 0.5) is 0 Å². The van der Waals surface area contributed by atoms with Crippen LogP contribution in [0.5, 0.6) is 0 Å². The molecule has 10 rings (SSSR count). The lowest BCUT2D eigenvalue weighted by Gasteiger charge is -2.05. The number of rotatable bonds is 18. The van der Waals surface area contributed by atoms with Gasteiger partial charge >= 0.3 is 0 Å². The smallest absolute Gasteiger partial charge is 0.124 e. The Hall–Kier alpha value is -5.79. The summed E-state index contributed by atoms with van der Waals surface area (Å²) in [5.41, 5.74) is 18.0. The molecule has 0 radical (unpaired) electrons. The van der Waals surface area contributed by atoms with E-state index in [1.54, 1.807) is 34.0 Å². The second kappa shape index (κ2) is 20.4. The Kier molecular flexibility index (Phi) is 13.6. The average Bonchev–Trinajstić information content (AvgIpc) is 4.14. The molecule has 0 saturated heterocycles. The maximum absolute atomic E-state index is 5.41. The van der Waals surface area contributed by atoms with E-state index in [1.807, 2.05) is 0 Å². The van der Waals surface area contributed by atoms with Crippen LogP contribution in [0.1, 0.15) is 95.2 Å². The maximum Gasteiger partial charge on any atom is 0.124 e. The molecule has 0 aliphatic heterocycles. The van der Waals surface area contributed by atoms with Gasteiger partial charge in [-0.25, -0.2) is 15.0 Å². The second-order valence-corrected chi connectivity index (χ2v) is 20.8. The predicted octanol–water partition coefficient (Wildman–Crippen LogP) is 18.7. The number of aryl methyl sites for hydroxylation is 3. The Morgan fingerprint density at radius 3 is 0.712 bits per heavy atom. The highest BCUT2D eigenvalue weighted by Gasteiger charge is 2.23. The molecule has 0 bridgehead atoms. The first-order valence-electron chi connectivity index (χ1n) is 24.2. The molecule has 330 valence electrons. The summed E-state index contributed by atoms with van der Waals surface area (Å²) >= 11 is 5.24. The molecule has 7 aromatic carbocycles. The van der Waals surface area contributed by atoms with Crippen molar-refractivity contribution in [3.05, 3.63) is 162 Å². The largest absolute Gasteiger partial charge is 0.234 e. The summed E-state index contributed by atoms with van der Waals surface area (Å²) in [4.78, 5) is 16.2. The van der Waals surface area contributed by atoms with Crippen LogP contribution in [0.2, 0.25) is 0 Å². The Bertz CT molecular complexity index is 2730. The van der Waals surface area contributed by atoms with Crippen LogP contribution in [0.3, 0.4) is 0 Å². The summed E-state index contributed by atoms with van der Waals surface area (Å²) in [6.07, 6.45) is 14.8. The fourth-order valence-corrected chi connectivity index (χ4v) is 12.4. The fourth-order valence-electron chi connectivity index (χ4n) is 9.02. The molecule has 0 saturated carbocycles. The zero-order valence-corrected chi connectivity index (χ0v) is 40.9. The van der Waals surface area contributed by atoms with E-state index in [0.29, 0.717) is 0 Å². The lowest BCUT2D eigenvalue weighted by molar-refractivity contribution is 0.717. The molecule has 6 heteroatoms. The van der Waals surface area contributed by atoms with E-state index < -0.39 is 0 Å². The summed E-state index contributed by atoms with van der Waals surface area (Å²) in [5, 5.41) is 3.01. The van der Waals surface area contributed by atoms with Crippen molar-refractivity contribution in [2.24, 2.45) is 0 Å². The van der Waals surface area contributed by atoms with Crippen LogP contribution in [0, 0.1) is 0 Å². The van der Waals surface area contributed by atoms with Crippen molar-refractivity contribution in [3.63, 3.8) is 0 Å². The minimum atomic E-state index is 0.991. The van der Waals surface area contributed by atoms with Crippen LogP contribution in [0.15, 0.2) is 146 Å². The molecule has 0 N–H and O–H groups in total. The van der Waals surface area contributed by atoms with Gasteiger partial charge in [0.15, 0.2) is 0 Å². The Labute approximate surface area is 402 Å². The van der Waals surface area contributed by atoms with Crippen LogP contribution < -0.4 is 0 Å². The lowest BCUT2D eigenvalue weighted by atomic mass is 10.0. The molecule has 0 fully saturated rings. The van der Waals surface area contributed by atoms with E-state index in [9.17, 15) is 0 Å². The molecular formula is C60H57N3S3. The van der Waals surface area contributed by atoms with Crippen molar-refractivity contribution in [2.45, 2.75) is 97.8 Å². The number of aromatic nitrogens is 3. The SMILES string of the molecule is CCCCCc1ccc(-c2ccc(-c3nc4c(s3)c3nc(-c5ccc(-c6ccc(CCCCC)cc6)cc5)sc3c3nc(-c5ccc(-c6ccc(CCCCC)cc6)cc5)sc43)cc2)cc1. The minimum absolute atomic E-state index is 0.991. The molecule has 0 unspecified atom stereocenters. The van der Waals surface area contributed by atoms with Gasteiger partial charge < -0.3 is 0 Å². The summed E-state index contributed by atoms with van der Waals surface area (Å²) in [5.74, 6) is 0. The van der Waals surface area contributed by atoms with Gasteiger partial charge in [-0.1, -0.05) is 205 Å². The highest BCUT2D eigenvalue weighted by Crippen LogP contribution is 2.47. The number of benzene rings is 7. The normalized spacial score (nSPS) is 11.7. The number of nitrogens with zero attached hydrogens (tertiary/aromatic N) is 3. The first-order chi connectivity index (χ1) is 32.5. The second-order valence-electron chi connectivity index (χ2n) is 17.8. The van der Waals surface area contributed by atoms with Gasteiger partial charge in [0.2, 0.25) is 0 Å². The number of hydrogen-bond acceptors (Lipinski definition) is 6. The first kappa shape index (κ1) is 44.1. The third-order valence-electron chi connectivity index (χ3n) is 13.0. The van der Waals surface area contributed by atoms with Gasteiger partial charge in [0, 0.05) is 16.7 Å². The van der Waals surface area contributed by atoms with Crippen molar-refractivity contribution < 1.29 is 0 Å². The molecule has 10 aromatic rings. The van der Waals surface area contributed by atoms with Gasteiger partial charge in [-0.2, -0.15) is 0 Å². The molecule has 0 aliphatic rings. The molecule has 3 heterocycles. The van der Waals surface area contributed by atoms with E-state index in [4.69, 9.17) is 15.0 Å². The molecule has 0 aliphatic carbocycles. The van der Waals surface area contributed by atoms with E-state index in [0.717, 1.165) is 81.6 Å². The van der Waals surface area contributed by atoms with Crippen molar-refractivity contribution in [3.8, 4) is 65.1 Å². The minimum Gasteiger partial charge on any atom is -0.234 e. The maximum atomic E-state index is 5.41. The third-order valence-corrected chi connectivity index (χ3v) is 16.3. The Balaban J connectivity index is 0.987. The van der Waals surface area contributed by atoms with E-state index in [1.165, 1.54) is 108 Å².